The van der Waals surface area contributed by atoms with Gasteiger partial charge in [0, 0.05) is 32.8 Å². The SMILES string of the molecule is CCOC(C)(C)CNS(=O)(=O)N(C)CCCNC1CC1. The van der Waals surface area contributed by atoms with Crippen molar-refractivity contribution >= 4 is 10.2 Å². The highest BCUT2D eigenvalue weighted by molar-refractivity contribution is 7.87. The molecule has 0 amide bonds. The minimum absolute atomic E-state index is 0.272. The van der Waals surface area contributed by atoms with E-state index < -0.39 is 15.8 Å². The maximum absolute atomic E-state index is 12.1. The molecule has 6 nitrogen and oxygen atoms in total. The molecule has 1 saturated carbocycles. The molecule has 2 N–H and O–H groups in total. The van der Waals surface area contributed by atoms with Crippen molar-refractivity contribution in [3.05, 3.63) is 0 Å². The van der Waals surface area contributed by atoms with E-state index in [0.29, 0.717) is 19.2 Å². The maximum Gasteiger partial charge on any atom is 0.279 e. The van der Waals surface area contributed by atoms with Gasteiger partial charge in [-0.25, -0.2) is 0 Å². The van der Waals surface area contributed by atoms with Crippen molar-refractivity contribution in [3.63, 3.8) is 0 Å². The molecular formula is C13H29N3O3S. The van der Waals surface area contributed by atoms with Crippen molar-refractivity contribution in [1.82, 2.24) is 14.3 Å². The van der Waals surface area contributed by atoms with Crippen molar-refractivity contribution in [1.29, 1.82) is 0 Å². The molecule has 20 heavy (non-hydrogen) atoms. The molecule has 1 rings (SSSR count). The van der Waals surface area contributed by atoms with Crippen LogP contribution in [0.5, 0.6) is 0 Å². The molecule has 1 aliphatic carbocycles. The van der Waals surface area contributed by atoms with Crippen LogP contribution in [0.1, 0.15) is 40.0 Å². The summed E-state index contributed by atoms with van der Waals surface area (Å²) in [4.78, 5) is 0. The Bertz CT molecular complexity index is 380. The summed E-state index contributed by atoms with van der Waals surface area (Å²) in [7, 11) is -1.82. The van der Waals surface area contributed by atoms with Crippen LogP contribution in [0.25, 0.3) is 0 Å². The summed E-state index contributed by atoms with van der Waals surface area (Å²) >= 11 is 0. The van der Waals surface area contributed by atoms with Crippen LogP contribution in [0.15, 0.2) is 0 Å². The highest BCUT2D eigenvalue weighted by Crippen LogP contribution is 2.18. The molecule has 0 aromatic carbocycles. The first-order valence-electron chi connectivity index (χ1n) is 7.35. The van der Waals surface area contributed by atoms with Gasteiger partial charge in [-0.2, -0.15) is 17.4 Å². The topological polar surface area (TPSA) is 70.7 Å². The number of hydrogen-bond acceptors (Lipinski definition) is 4. The molecule has 120 valence electrons. The molecule has 0 radical (unpaired) electrons. The highest BCUT2D eigenvalue weighted by Gasteiger charge is 2.24. The Labute approximate surface area is 123 Å². The van der Waals surface area contributed by atoms with Crippen LogP contribution in [0.3, 0.4) is 0 Å². The van der Waals surface area contributed by atoms with Gasteiger partial charge >= 0.3 is 0 Å². The lowest BCUT2D eigenvalue weighted by Gasteiger charge is -2.26. The van der Waals surface area contributed by atoms with Gasteiger partial charge in [0.1, 0.15) is 0 Å². The summed E-state index contributed by atoms with van der Waals surface area (Å²) in [5.41, 5.74) is -0.490. The quantitative estimate of drug-likeness (QED) is 0.552. The fourth-order valence-electron chi connectivity index (χ4n) is 1.83. The Morgan fingerprint density at radius 3 is 2.55 bits per heavy atom. The van der Waals surface area contributed by atoms with Crippen LogP contribution in [0.2, 0.25) is 0 Å². The largest absolute Gasteiger partial charge is 0.374 e. The molecule has 0 aromatic rings. The van der Waals surface area contributed by atoms with E-state index >= 15 is 0 Å². The molecule has 0 heterocycles. The molecule has 0 aliphatic heterocycles. The summed E-state index contributed by atoms with van der Waals surface area (Å²) in [6, 6.07) is 0.669. The Hall–Kier alpha value is -0.210. The van der Waals surface area contributed by atoms with E-state index in [2.05, 4.69) is 10.0 Å². The van der Waals surface area contributed by atoms with E-state index in [9.17, 15) is 8.42 Å². The van der Waals surface area contributed by atoms with E-state index in [1.807, 2.05) is 20.8 Å². The average molecular weight is 307 g/mol. The minimum atomic E-state index is -3.42. The summed E-state index contributed by atoms with van der Waals surface area (Å²) in [5, 5.41) is 3.37. The molecule has 7 heteroatoms. The van der Waals surface area contributed by atoms with Crippen LogP contribution in [-0.4, -0.2) is 57.7 Å². The van der Waals surface area contributed by atoms with Crippen molar-refractivity contribution in [2.75, 3.05) is 33.3 Å². The first kappa shape index (κ1) is 17.8. The lowest BCUT2D eigenvalue weighted by molar-refractivity contribution is -0.00535. The predicted molar refractivity (Wildman–Crippen MR) is 80.9 cm³/mol. The van der Waals surface area contributed by atoms with Gasteiger partial charge in [0.25, 0.3) is 10.2 Å². The summed E-state index contributed by atoms with van der Waals surface area (Å²) in [6.45, 7) is 7.87. The van der Waals surface area contributed by atoms with Crippen LogP contribution in [-0.2, 0) is 14.9 Å². The second-order valence-electron chi connectivity index (χ2n) is 5.92. The van der Waals surface area contributed by atoms with E-state index in [1.54, 1.807) is 7.05 Å². The Morgan fingerprint density at radius 1 is 1.35 bits per heavy atom. The van der Waals surface area contributed by atoms with Gasteiger partial charge in [0.05, 0.1) is 5.60 Å². The number of rotatable bonds is 11. The molecule has 1 fully saturated rings. The highest BCUT2D eigenvalue weighted by atomic mass is 32.2. The summed E-state index contributed by atoms with van der Waals surface area (Å²) in [6.07, 6.45) is 3.33. The first-order chi connectivity index (χ1) is 9.27. The van der Waals surface area contributed by atoms with Gasteiger partial charge in [0.2, 0.25) is 0 Å². The van der Waals surface area contributed by atoms with Gasteiger partial charge < -0.3 is 10.1 Å². The van der Waals surface area contributed by atoms with Crippen LogP contribution < -0.4 is 10.0 Å². The second kappa shape index (κ2) is 7.70. The van der Waals surface area contributed by atoms with Gasteiger partial charge in [0.15, 0.2) is 0 Å². The second-order valence-corrected chi connectivity index (χ2v) is 7.78. The van der Waals surface area contributed by atoms with Crippen molar-refractivity contribution in [3.8, 4) is 0 Å². The van der Waals surface area contributed by atoms with E-state index in [1.165, 1.54) is 17.1 Å². The normalized spacial score (nSPS) is 16.9. The van der Waals surface area contributed by atoms with Crippen LogP contribution >= 0.6 is 0 Å². The molecule has 0 atom stereocenters. The fraction of sp³-hybridized carbons (Fsp3) is 1.00. The number of hydrogen-bond donors (Lipinski definition) is 2. The summed E-state index contributed by atoms with van der Waals surface area (Å²) in [5.74, 6) is 0. The van der Waals surface area contributed by atoms with E-state index in [0.717, 1.165) is 13.0 Å². The lowest BCUT2D eigenvalue weighted by atomic mass is 10.1. The number of nitrogens with zero attached hydrogens (tertiary/aromatic N) is 1. The van der Waals surface area contributed by atoms with Gasteiger partial charge in [-0.1, -0.05) is 0 Å². The third-order valence-corrected chi connectivity index (χ3v) is 4.80. The standard InChI is InChI=1S/C13H29N3O3S/c1-5-19-13(2,3)11-15-20(17,18)16(4)10-6-9-14-12-7-8-12/h12,14-15H,5-11H2,1-4H3. The minimum Gasteiger partial charge on any atom is -0.374 e. The molecule has 0 aromatic heterocycles. The zero-order valence-electron chi connectivity index (χ0n) is 13.1. The molecule has 0 bridgehead atoms. The van der Waals surface area contributed by atoms with Gasteiger partial charge in [-0.05, 0) is 46.6 Å². The van der Waals surface area contributed by atoms with Crippen molar-refractivity contribution in [2.24, 2.45) is 0 Å². The van der Waals surface area contributed by atoms with Crippen LogP contribution in [0, 0.1) is 0 Å². The van der Waals surface area contributed by atoms with E-state index in [4.69, 9.17) is 4.74 Å². The lowest BCUT2D eigenvalue weighted by Crippen LogP contribution is -2.46. The number of ether oxygens (including phenoxy) is 1. The number of nitrogens with one attached hydrogen (secondary N) is 2. The summed E-state index contributed by atoms with van der Waals surface area (Å²) < 4.78 is 33.6. The smallest absolute Gasteiger partial charge is 0.279 e. The van der Waals surface area contributed by atoms with E-state index in [-0.39, 0.29) is 6.54 Å². The third-order valence-electron chi connectivity index (χ3n) is 3.29. The Morgan fingerprint density at radius 2 is 2.00 bits per heavy atom. The predicted octanol–water partition coefficient (Wildman–Crippen LogP) is 0.710. The van der Waals surface area contributed by atoms with Gasteiger partial charge in [-0.3, -0.25) is 0 Å². The van der Waals surface area contributed by atoms with Crippen molar-refractivity contribution < 1.29 is 13.2 Å². The van der Waals surface area contributed by atoms with Crippen molar-refractivity contribution in [2.45, 2.75) is 51.7 Å². The molecule has 0 spiro atoms. The zero-order valence-corrected chi connectivity index (χ0v) is 13.9. The Kier molecular flexibility index (Phi) is 6.87. The average Bonchev–Trinajstić information content (AvgIpc) is 3.16. The molecule has 0 saturated heterocycles. The molecule has 1 aliphatic rings. The first-order valence-corrected chi connectivity index (χ1v) is 8.79. The van der Waals surface area contributed by atoms with Gasteiger partial charge in [-0.15, -0.1) is 0 Å². The Balaban J connectivity index is 2.26. The molecular weight excluding hydrogens is 278 g/mol. The van der Waals surface area contributed by atoms with Crippen LogP contribution in [0.4, 0.5) is 0 Å². The monoisotopic (exact) mass is 307 g/mol. The third kappa shape index (κ3) is 6.99. The fourth-order valence-corrected chi connectivity index (χ4v) is 2.95. The molecule has 0 unspecified atom stereocenters. The zero-order chi connectivity index (χ0) is 15.2. The maximum atomic E-state index is 12.1.